The number of amides is 1. The zero-order valence-corrected chi connectivity index (χ0v) is 14.6. The van der Waals surface area contributed by atoms with E-state index in [-0.39, 0.29) is 25.5 Å². The van der Waals surface area contributed by atoms with Crippen molar-refractivity contribution >= 4 is 33.4 Å². The Morgan fingerprint density at radius 3 is 2.73 bits per heavy atom. The van der Waals surface area contributed by atoms with E-state index in [2.05, 4.69) is 21.1 Å². The van der Waals surface area contributed by atoms with Gasteiger partial charge in [0.05, 0.1) is 16.6 Å². The topological polar surface area (TPSA) is 92.1 Å². The molecule has 1 amide bonds. The van der Waals surface area contributed by atoms with Gasteiger partial charge in [-0.1, -0.05) is 36.4 Å². The van der Waals surface area contributed by atoms with Gasteiger partial charge in [-0.25, -0.2) is 4.98 Å². The van der Waals surface area contributed by atoms with Crippen LogP contribution in [0.3, 0.4) is 0 Å². The molecule has 130 valence electrons. The number of thiazole rings is 1. The van der Waals surface area contributed by atoms with Gasteiger partial charge in [0.25, 0.3) is 0 Å². The van der Waals surface area contributed by atoms with E-state index in [0.29, 0.717) is 5.01 Å². The van der Waals surface area contributed by atoms with Gasteiger partial charge in [-0.05, 0) is 23.3 Å². The summed E-state index contributed by atoms with van der Waals surface area (Å²) in [5.41, 5.74) is 3.06. The molecular formula is C19H15N3O3S. The third-order valence-electron chi connectivity index (χ3n) is 3.58. The van der Waals surface area contributed by atoms with Crippen LogP contribution in [0.15, 0.2) is 48.5 Å². The van der Waals surface area contributed by atoms with Gasteiger partial charge in [-0.3, -0.25) is 9.59 Å². The number of esters is 1. The van der Waals surface area contributed by atoms with Gasteiger partial charge in [0.2, 0.25) is 5.91 Å². The zero-order valence-electron chi connectivity index (χ0n) is 13.8. The molecule has 0 atom stereocenters. The first-order chi connectivity index (χ1) is 12.7. The molecule has 0 aliphatic carbocycles. The smallest absolute Gasteiger partial charge is 0.326 e. The number of nitrogens with one attached hydrogen (secondary N) is 1. The Morgan fingerprint density at radius 2 is 1.96 bits per heavy atom. The number of aromatic nitrogens is 1. The minimum atomic E-state index is -0.642. The molecular weight excluding hydrogens is 350 g/mol. The minimum absolute atomic E-state index is 0.0888. The number of nitrogens with zero attached hydrogens (tertiary/aromatic N) is 2. The Balaban J connectivity index is 1.65. The Hall–Kier alpha value is -3.24. The molecule has 26 heavy (non-hydrogen) atoms. The van der Waals surface area contributed by atoms with E-state index in [9.17, 15) is 9.59 Å². The third kappa shape index (κ3) is 4.43. The van der Waals surface area contributed by atoms with E-state index in [1.54, 1.807) is 6.07 Å². The molecule has 1 aromatic heterocycles. The number of hydrogen-bond donors (Lipinski definition) is 1. The van der Waals surface area contributed by atoms with Gasteiger partial charge in [0.15, 0.2) is 6.61 Å². The highest BCUT2D eigenvalue weighted by Gasteiger charge is 2.11. The standard InChI is InChI=1S/C19H15N3O3S/c20-8-9-25-19(24)12-21-17(23)11-18-22-15-7-6-14(10-16(15)26-18)13-4-2-1-3-5-13/h1-7,10H,9,11-12H2,(H,21,23). The van der Waals surface area contributed by atoms with Gasteiger partial charge in [-0.15, -0.1) is 11.3 Å². The van der Waals surface area contributed by atoms with Gasteiger partial charge in [-0.2, -0.15) is 5.26 Å². The molecule has 0 saturated carbocycles. The van der Waals surface area contributed by atoms with E-state index in [1.807, 2.05) is 42.5 Å². The molecule has 1 heterocycles. The highest BCUT2D eigenvalue weighted by molar-refractivity contribution is 7.18. The molecule has 0 aliphatic heterocycles. The predicted molar refractivity (Wildman–Crippen MR) is 98.3 cm³/mol. The van der Waals surface area contributed by atoms with Gasteiger partial charge < -0.3 is 10.1 Å². The maximum atomic E-state index is 11.9. The highest BCUT2D eigenvalue weighted by Crippen LogP contribution is 2.28. The largest absolute Gasteiger partial charge is 0.449 e. The SMILES string of the molecule is N#CCOC(=O)CNC(=O)Cc1nc2ccc(-c3ccccc3)cc2s1. The quantitative estimate of drug-likeness (QED) is 0.678. The maximum Gasteiger partial charge on any atom is 0.326 e. The van der Waals surface area contributed by atoms with Gasteiger partial charge in [0.1, 0.15) is 17.6 Å². The fourth-order valence-electron chi connectivity index (χ4n) is 2.39. The average molecular weight is 365 g/mol. The van der Waals surface area contributed by atoms with Crippen molar-refractivity contribution in [2.45, 2.75) is 6.42 Å². The Labute approximate surface area is 154 Å². The Kier molecular flexibility index (Phi) is 5.56. The summed E-state index contributed by atoms with van der Waals surface area (Å²) in [4.78, 5) is 27.7. The van der Waals surface area contributed by atoms with E-state index in [4.69, 9.17) is 5.26 Å². The fourth-order valence-corrected chi connectivity index (χ4v) is 3.40. The van der Waals surface area contributed by atoms with Gasteiger partial charge in [0, 0.05) is 0 Å². The Morgan fingerprint density at radius 1 is 1.15 bits per heavy atom. The summed E-state index contributed by atoms with van der Waals surface area (Å²) in [5, 5.41) is 11.5. The Bertz CT molecular complexity index is 977. The van der Waals surface area contributed by atoms with Crippen LogP contribution in [0.2, 0.25) is 0 Å². The molecule has 0 saturated heterocycles. The summed E-state index contributed by atoms with van der Waals surface area (Å²) in [6.07, 6.45) is 0.0888. The number of carbonyl (C=O) groups is 2. The molecule has 2 aromatic carbocycles. The second-order valence-corrected chi connectivity index (χ2v) is 6.54. The fraction of sp³-hybridized carbons (Fsp3) is 0.158. The van der Waals surface area contributed by atoms with Crippen molar-refractivity contribution in [3.63, 3.8) is 0 Å². The molecule has 0 spiro atoms. The van der Waals surface area contributed by atoms with Crippen LogP contribution in [-0.4, -0.2) is 30.0 Å². The van der Waals surface area contributed by atoms with E-state index >= 15 is 0 Å². The molecule has 3 rings (SSSR count). The monoisotopic (exact) mass is 365 g/mol. The number of nitriles is 1. The second kappa shape index (κ2) is 8.23. The second-order valence-electron chi connectivity index (χ2n) is 5.43. The number of benzene rings is 2. The lowest BCUT2D eigenvalue weighted by Gasteiger charge is -2.02. The van der Waals surface area contributed by atoms with Crippen LogP contribution in [0, 0.1) is 11.3 Å². The number of rotatable bonds is 6. The average Bonchev–Trinajstić information content (AvgIpc) is 3.06. The first kappa shape index (κ1) is 17.6. The maximum absolute atomic E-state index is 11.9. The van der Waals surface area contributed by atoms with Crippen molar-refractivity contribution in [3.8, 4) is 17.2 Å². The number of carbonyl (C=O) groups excluding carboxylic acids is 2. The lowest BCUT2D eigenvalue weighted by Crippen LogP contribution is -2.31. The summed E-state index contributed by atoms with van der Waals surface area (Å²) in [7, 11) is 0. The van der Waals surface area contributed by atoms with E-state index in [0.717, 1.165) is 21.3 Å². The van der Waals surface area contributed by atoms with Crippen molar-refractivity contribution in [1.82, 2.24) is 10.3 Å². The molecule has 3 aromatic rings. The summed E-state index contributed by atoms with van der Waals surface area (Å²) in [6, 6.07) is 17.7. The van der Waals surface area contributed by atoms with E-state index in [1.165, 1.54) is 11.3 Å². The molecule has 0 unspecified atom stereocenters. The molecule has 0 aliphatic rings. The molecule has 0 radical (unpaired) electrons. The number of hydrogen-bond acceptors (Lipinski definition) is 6. The van der Waals surface area contributed by atoms with Crippen molar-refractivity contribution in [2.75, 3.05) is 13.2 Å². The normalized spacial score (nSPS) is 10.3. The number of ether oxygens (including phenoxy) is 1. The molecule has 0 bridgehead atoms. The van der Waals surface area contributed by atoms with Crippen molar-refractivity contribution in [1.29, 1.82) is 5.26 Å². The highest BCUT2D eigenvalue weighted by atomic mass is 32.1. The van der Waals surface area contributed by atoms with Crippen molar-refractivity contribution < 1.29 is 14.3 Å². The first-order valence-corrected chi connectivity index (χ1v) is 8.71. The van der Waals surface area contributed by atoms with Crippen molar-refractivity contribution in [3.05, 3.63) is 53.5 Å². The molecule has 7 heteroatoms. The van der Waals surface area contributed by atoms with Crippen LogP contribution in [0.25, 0.3) is 21.3 Å². The number of fused-ring (bicyclic) bond motifs is 1. The molecule has 0 fully saturated rings. The summed E-state index contributed by atoms with van der Waals surface area (Å²) in [6.45, 7) is -0.583. The predicted octanol–water partition coefficient (Wildman–Crippen LogP) is 2.69. The summed E-state index contributed by atoms with van der Waals surface area (Å²) >= 11 is 1.45. The van der Waals surface area contributed by atoms with Gasteiger partial charge >= 0.3 is 5.97 Å². The lowest BCUT2D eigenvalue weighted by atomic mass is 10.1. The minimum Gasteiger partial charge on any atom is -0.449 e. The van der Waals surface area contributed by atoms with Crippen LogP contribution >= 0.6 is 11.3 Å². The van der Waals surface area contributed by atoms with Crippen LogP contribution in [0.1, 0.15) is 5.01 Å². The molecule has 6 nitrogen and oxygen atoms in total. The van der Waals surface area contributed by atoms with E-state index < -0.39 is 5.97 Å². The lowest BCUT2D eigenvalue weighted by molar-refractivity contribution is -0.142. The third-order valence-corrected chi connectivity index (χ3v) is 4.60. The first-order valence-electron chi connectivity index (χ1n) is 7.90. The van der Waals surface area contributed by atoms with Crippen molar-refractivity contribution in [2.24, 2.45) is 0 Å². The van der Waals surface area contributed by atoms with Crippen LogP contribution in [0.5, 0.6) is 0 Å². The van der Waals surface area contributed by atoms with Crippen LogP contribution in [0.4, 0.5) is 0 Å². The summed E-state index contributed by atoms with van der Waals surface area (Å²) in [5.74, 6) is -0.960. The zero-order chi connectivity index (χ0) is 18.4. The van der Waals surface area contributed by atoms with Crippen LogP contribution in [-0.2, 0) is 20.7 Å². The van der Waals surface area contributed by atoms with Crippen LogP contribution < -0.4 is 5.32 Å². The summed E-state index contributed by atoms with van der Waals surface area (Å²) < 4.78 is 5.57. The molecule has 1 N–H and O–H groups in total.